The van der Waals surface area contributed by atoms with Gasteiger partial charge in [-0.2, -0.15) is 0 Å². The van der Waals surface area contributed by atoms with Crippen molar-refractivity contribution in [2.75, 3.05) is 64.0 Å². The van der Waals surface area contributed by atoms with Crippen molar-refractivity contribution >= 4 is 26.4 Å². The average molecular weight is 377 g/mol. The predicted octanol–water partition coefficient (Wildman–Crippen LogP) is 0.0693. The van der Waals surface area contributed by atoms with Crippen molar-refractivity contribution in [3.05, 3.63) is 0 Å². The van der Waals surface area contributed by atoms with E-state index in [4.69, 9.17) is 39.8 Å². The Bertz CT molecular complexity index is 236. The minimum Gasteiger partial charge on any atom is -0.377 e. The van der Waals surface area contributed by atoms with Crippen molar-refractivity contribution < 1.29 is 39.8 Å². The molecule has 0 radical (unpaired) electrons. The molecule has 0 spiro atoms. The van der Waals surface area contributed by atoms with Crippen molar-refractivity contribution in [3.8, 4) is 0 Å². The molecule has 0 saturated heterocycles. The number of hydrogen-bond acceptors (Lipinski definition) is 9. The van der Waals surface area contributed by atoms with Crippen LogP contribution in [0.25, 0.3) is 0 Å². The molecule has 134 valence electrons. The minimum atomic E-state index is -3.37. The maximum atomic E-state index is 5.61. The maximum Gasteiger partial charge on any atom is 0.512 e. The molecular weight excluding hydrogens is 348 g/mol. The average Bonchev–Trinajstić information content (AvgIpc) is 2.60. The summed E-state index contributed by atoms with van der Waals surface area (Å²) in [6, 6.07) is 0. The first-order chi connectivity index (χ1) is 10.4. The third-order valence-corrected chi connectivity index (χ3v) is 17.2. The van der Waals surface area contributed by atoms with Gasteiger partial charge in [-0.25, -0.2) is 0 Å². The van der Waals surface area contributed by atoms with E-state index in [0.717, 1.165) is 0 Å². The third kappa shape index (κ3) is 3.68. The van der Waals surface area contributed by atoms with Gasteiger partial charge in [0.25, 0.3) is 0 Å². The van der Waals surface area contributed by atoms with Gasteiger partial charge in [0.1, 0.15) is 0 Å². The van der Waals surface area contributed by atoms with Crippen LogP contribution in [0.5, 0.6) is 0 Å². The van der Waals surface area contributed by atoms with Crippen LogP contribution in [0.1, 0.15) is 0 Å². The van der Waals surface area contributed by atoms with Crippen molar-refractivity contribution in [1.82, 2.24) is 0 Å². The van der Waals surface area contributed by atoms with Gasteiger partial charge < -0.3 is 39.8 Å². The van der Waals surface area contributed by atoms with Gasteiger partial charge in [-0.3, -0.25) is 0 Å². The first-order valence-electron chi connectivity index (χ1n) is 6.38. The van der Waals surface area contributed by atoms with Crippen LogP contribution in [-0.2, 0) is 39.8 Å². The molecule has 0 aromatic carbocycles. The van der Waals surface area contributed by atoms with Crippen molar-refractivity contribution in [2.45, 2.75) is 4.79 Å². The molecule has 0 atom stereocenters. The number of hydrogen-bond donors (Lipinski definition) is 0. The Morgan fingerprint density at radius 1 is 0.364 bits per heavy atom. The molecule has 0 aromatic rings. The fourth-order valence-electron chi connectivity index (χ4n) is 2.46. The fraction of sp³-hybridized carbons (Fsp3) is 1.00. The van der Waals surface area contributed by atoms with E-state index >= 15 is 0 Å². The maximum absolute atomic E-state index is 5.61. The first-order valence-corrected chi connectivity index (χ1v) is 11.8. The van der Waals surface area contributed by atoms with Gasteiger partial charge in [-0.15, -0.1) is 0 Å². The summed E-state index contributed by atoms with van der Waals surface area (Å²) < 4.78 is 50.4. The molecule has 0 saturated carbocycles. The summed E-state index contributed by atoms with van der Waals surface area (Å²) in [4.78, 5) is -0.729. The second-order valence-corrected chi connectivity index (χ2v) is 14.8. The van der Waals surface area contributed by atoms with Crippen LogP contribution < -0.4 is 0 Å². The van der Waals surface area contributed by atoms with Crippen LogP contribution in [0, 0.1) is 0 Å². The Kier molecular flexibility index (Phi) is 9.68. The lowest BCUT2D eigenvalue weighted by atomic mass is 11.7. The summed E-state index contributed by atoms with van der Waals surface area (Å²) in [6.07, 6.45) is 0. The molecule has 0 N–H and O–H groups in total. The smallest absolute Gasteiger partial charge is 0.377 e. The topological polar surface area (TPSA) is 83.1 Å². The van der Waals surface area contributed by atoms with E-state index in [1.54, 1.807) is 0 Å². The lowest BCUT2D eigenvalue weighted by molar-refractivity contribution is 0.0587. The zero-order valence-corrected chi connectivity index (χ0v) is 17.8. The lowest BCUT2D eigenvalue weighted by Gasteiger charge is -2.44. The van der Waals surface area contributed by atoms with Crippen LogP contribution in [0.2, 0.25) is 4.79 Å². The first kappa shape index (κ1) is 22.3. The van der Waals surface area contributed by atoms with Gasteiger partial charge in [-0.05, 0) is 0 Å². The van der Waals surface area contributed by atoms with Crippen LogP contribution in [0.15, 0.2) is 0 Å². The van der Waals surface area contributed by atoms with Crippen molar-refractivity contribution in [3.63, 3.8) is 0 Å². The molecule has 9 nitrogen and oxygen atoms in total. The summed E-state index contributed by atoms with van der Waals surface area (Å²) in [5.41, 5.74) is 0. The molecule has 0 aliphatic heterocycles. The van der Waals surface area contributed by atoms with Gasteiger partial charge in [-0.1, -0.05) is 0 Å². The summed E-state index contributed by atoms with van der Waals surface area (Å²) >= 11 is 0. The highest BCUT2D eigenvalue weighted by atomic mass is 28.5. The summed E-state index contributed by atoms with van der Waals surface area (Å²) in [5, 5.41) is 0. The van der Waals surface area contributed by atoms with E-state index in [9.17, 15) is 0 Å². The van der Waals surface area contributed by atoms with E-state index < -0.39 is 31.2 Å². The van der Waals surface area contributed by atoms with Gasteiger partial charge in [0.15, 0.2) is 4.79 Å². The van der Waals surface area contributed by atoms with E-state index in [-0.39, 0.29) is 0 Å². The normalized spacial score (nSPS) is 13.9. The molecule has 22 heavy (non-hydrogen) atoms. The Morgan fingerprint density at radius 2 is 0.500 bits per heavy atom. The molecule has 0 amide bonds. The minimum absolute atomic E-state index is 0.729. The molecule has 0 aliphatic rings. The molecular formula is C10H28O9Si3. The van der Waals surface area contributed by atoms with E-state index in [1.807, 2.05) is 0 Å². The zero-order valence-electron chi connectivity index (χ0n) is 14.8. The Balaban J connectivity index is 6.42. The molecule has 12 heteroatoms. The van der Waals surface area contributed by atoms with E-state index in [0.29, 0.717) is 0 Å². The Hall–Kier alpha value is 0.291. The highest BCUT2D eigenvalue weighted by Crippen LogP contribution is 2.42. The molecule has 0 aliphatic carbocycles. The second kappa shape index (κ2) is 9.55. The highest BCUT2D eigenvalue weighted by molar-refractivity contribution is 6.99. The molecule has 0 unspecified atom stereocenters. The Labute approximate surface area is 135 Å². The highest BCUT2D eigenvalue weighted by Gasteiger charge is 2.77. The Morgan fingerprint density at radius 3 is 0.591 bits per heavy atom. The molecule has 0 aromatic heterocycles. The van der Waals surface area contributed by atoms with E-state index in [2.05, 4.69) is 0 Å². The van der Waals surface area contributed by atoms with Crippen molar-refractivity contribution in [1.29, 1.82) is 0 Å². The SMILES string of the molecule is CO[Si](OC)(OC)C([Si](OC)(OC)OC)[Si](OC)(OC)OC. The number of rotatable bonds is 12. The standard InChI is InChI=1S/C10H28O9Si3/c1-11-20(12-2,13-3)10(21(14-4,15-5)16-6)22(17-7,18-8)19-9/h10H,1-9H3. The molecule has 0 bridgehead atoms. The summed E-state index contributed by atoms with van der Waals surface area (Å²) in [5.74, 6) is 0. The van der Waals surface area contributed by atoms with Crippen LogP contribution in [0.4, 0.5) is 0 Å². The van der Waals surface area contributed by atoms with Crippen LogP contribution in [-0.4, -0.2) is 90.4 Å². The molecule has 0 heterocycles. The van der Waals surface area contributed by atoms with Crippen LogP contribution >= 0.6 is 0 Å². The van der Waals surface area contributed by atoms with Gasteiger partial charge >= 0.3 is 26.4 Å². The lowest BCUT2D eigenvalue weighted by Crippen LogP contribution is -2.73. The fourth-order valence-corrected chi connectivity index (χ4v) is 17.6. The van der Waals surface area contributed by atoms with E-state index in [1.165, 1.54) is 64.0 Å². The second-order valence-electron chi connectivity index (χ2n) is 4.08. The van der Waals surface area contributed by atoms with Crippen molar-refractivity contribution in [2.24, 2.45) is 0 Å². The largest absolute Gasteiger partial charge is 0.512 e. The van der Waals surface area contributed by atoms with Gasteiger partial charge in [0.05, 0.1) is 0 Å². The summed E-state index contributed by atoms with van der Waals surface area (Å²) in [7, 11) is 3.20. The zero-order chi connectivity index (χ0) is 17.4. The third-order valence-electron chi connectivity index (χ3n) is 3.62. The molecule has 0 rings (SSSR count). The van der Waals surface area contributed by atoms with Gasteiger partial charge in [0, 0.05) is 64.0 Å². The quantitative estimate of drug-likeness (QED) is 0.439. The summed E-state index contributed by atoms with van der Waals surface area (Å²) in [6.45, 7) is 0. The van der Waals surface area contributed by atoms with Gasteiger partial charge in [0.2, 0.25) is 0 Å². The predicted molar refractivity (Wildman–Crippen MR) is 84.1 cm³/mol. The molecule has 0 fully saturated rings. The van der Waals surface area contributed by atoms with Crippen LogP contribution in [0.3, 0.4) is 0 Å². The monoisotopic (exact) mass is 376 g/mol.